The van der Waals surface area contributed by atoms with Crippen molar-refractivity contribution in [2.24, 2.45) is 5.92 Å². The predicted molar refractivity (Wildman–Crippen MR) is 74.4 cm³/mol. The minimum absolute atomic E-state index is 0.0634. The van der Waals surface area contributed by atoms with Crippen LogP contribution in [0.2, 0.25) is 5.02 Å². The Labute approximate surface area is 125 Å². The predicted octanol–water partition coefficient (Wildman–Crippen LogP) is 2.19. The first-order chi connectivity index (χ1) is 9.90. The third-order valence-electron chi connectivity index (χ3n) is 3.44. The van der Waals surface area contributed by atoms with Gasteiger partial charge in [0.2, 0.25) is 0 Å². The van der Waals surface area contributed by atoms with Gasteiger partial charge in [0.1, 0.15) is 5.56 Å². The summed E-state index contributed by atoms with van der Waals surface area (Å²) in [7, 11) is 0. The van der Waals surface area contributed by atoms with E-state index in [9.17, 15) is 19.7 Å². The normalized spacial score (nSPS) is 18.3. The second kappa shape index (κ2) is 6.09. The number of benzene rings is 1. The molecule has 7 nitrogen and oxygen atoms in total. The Kier molecular flexibility index (Phi) is 4.42. The van der Waals surface area contributed by atoms with E-state index in [1.54, 1.807) is 0 Å². The van der Waals surface area contributed by atoms with Gasteiger partial charge in [0, 0.05) is 24.2 Å². The van der Waals surface area contributed by atoms with Gasteiger partial charge in [-0.3, -0.25) is 19.7 Å². The maximum atomic E-state index is 12.4. The molecule has 1 heterocycles. The van der Waals surface area contributed by atoms with Crippen LogP contribution in [0.15, 0.2) is 18.2 Å². The first-order valence-corrected chi connectivity index (χ1v) is 6.74. The third-order valence-corrected chi connectivity index (χ3v) is 3.68. The molecule has 0 aromatic heterocycles. The molecule has 1 atom stereocenters. The van der Waals surface area contributed by atoms with Crippen LogP contribution >= 0.6 is 11.6 Å². The van der Waals surface area contributed by atoms with Crippen molar-refractivity contribution in [2.75, 3.05) is 13.1 Å². The van der Waals surface area contributed by atoms with Crippen LogP contribution in [0.25, 0.3) is 0 Å². The van der Waals surface area contributed by atoms with Gasteiger partial charge in [0.05, 0.1) is 10.8 Å². The molecular weight excluding hydrogens is 300 g/mol. The van der Waals surface area contributed by atoms with Crippen molar-refractivity contribution in [1.29, 1.82) is 0 Å². The lowest BCUT2D eigenvalue weighted by Gasteiger charge is -2.30. The summed E-state index contributed by atoms with van der Waals surface area (Å²) in [5.41, 5.74) is -0.444. The quantitative estimate of drug-likeness (QED) is 0.681. The zero-order valence-corrected chi connectivity index (χ0v) is 11.7. The zero-order chi connectivity index (χ0) is 15.6. The van der Waals surface area contributed by atoms with Gasteiger partial charge in [0.25, 0.3) is 11.6 Å². The van der Waals surface area contributed by atoms with Crippen molar-refractivity contribution >= 4 is 29.2 Å². The minimum atomic E-state index is -0.960. The average molecular weight is 313 g/mol. The number of carbonyl (C=O) groups excluding carboxylic acids is 1. The van der Waals surface area contributed by atoms with Crippen molar-refractivity contribution in [3.05, 3.63) is 38.9 Å². The SMILES string of the molecule is O=C(O)[C@H]1CCCN(C(=O)c2ccc(Cl)cc2[N+](=O)[O-])C1. The van der Waals surface area contributed by atoms with Gasteiger partial charge in [-0.1, -0.05) is 11.6 Å². The molecule has 1 aromatic rings. The van der Waals surface area contributed by atoms with Crippen LogP contribution in [0.3, 0.4) is 0 Å². The smallest absolute Gasteiger partial charge is 0.308 e. The highest BCUT2D eigenvalue weighted by Gasteiger charge is 2.31. The molecule has 0 spiro atoms. The number of rotatable bonds is 3. The van der Waals surface area contributed by atoms with Gasteiger partial charge in [-0.2, -0.15) is 0 Å². The molecular formula is C13H13ClN2O5. The Balaban J connectivity index is 2.28. The van der Waals surface area contributed by atoms with Gasteiger partial charge in [-0.15, -0.1) is 0 Å². The molecule has 1 aromatic carbocycles. The molecule has 1 saturated heterocycles. The van der Waals surface area contributed by atoms with Crippen molar-refractivity contribution < 1.29 is 19.6 Å². The molecule has 1 amide bonds. The number of hydrogen-bond donors (Lipinski definition) is 1. The maximum absolute atomic E-state index is 12.4. The molecule has 0 unspecified atom stereocenters. The summed E-state index contributed by atoms with van der Waals surface area (Å²) in [6, 6.07) is 3.82. The fraction of sp³-hybridized carbons (Fsp3) is 0.385. The van der Waals surface area contributed by atoms with Gasteiger partial charge in [-0.25, -0.2) is 0 Å². The summed E-state index contributed by atoms with van der Waals surface area (Å²) in [5.74, 6) is -2.13. The molecule has 1 N–H and O–H groups in total. The third kappa shape index (κ3) is 3.30. The number of likely N-dealkylation sites (tertiary alicyclic amines) is 1. The number of piperidine rings is 1. The highest BCUT2D eigenvalue weighted by molar-refractivity contribution is 6.31. The van der Waals surface area contributed by atoms with E-state index in [-0.39, 0.29) is 22.8 Å². The molecule has 1 aliphatic heterocycles. The first kappa shape index (κ1) is 15.2. The largest absolute Gasteiger partial charge is 0.481 e. The number of carboxylic acids is 1. The molecule has 8 heteroatoms. The highest BCUT2D eigenvalue weighted by Crippen LogP contribution is 2.26. The zero-order valence-electron chi connectivity index (χ0n) is 11.0. The summed E-state index contributed by atoms with van der Waals surface area (Å²) >= 11 is 5.71. The summed E-state index contributed by atoms with van der Waals surface area (Å²) in [5, 5.41) is 20.2. The Morgan fingerprint density at radius 2 is 2.14 bits per heavy atom. The van der Waals surface area contributed by atoms with Crippen molar-refractivity contribution in [2.45, 2.75) is 12.8 Å². The van der Waals surface area contributed by atoms with Crippen LogP contribution in [0.1, 0.15) is 23.2 Å². The molecule has 1 fully saturated rings. The van der Waals surface area contributed by atoms with E-state index in [2.05, 4.69) is 0 Å². The number of halogens is 1. The Morgan fingerprint density at radius 3 is 2.76 bits per heavy atom. The number of nitrogens with zero attached hydrogens (tertiary/aromatic N) is 2. The lowest BCUT2D eigenvalue weighted by atomic mass is 9.97. The van der Waals surface area contributed by atoms with Crippen molar-refractivity contribution in [1.82, 2.24) is 4.90 Å². The highest BCUT2D eigenvalue weighted by atomic mass is 35.5. The van der Waals surface area contributed by atoms with Crippen LogP contribution in [-0.4, -0.2) is 39.9 Å². The molecule has 0 aliphatic carbocycles. The molecule has 2 rings (SSSR count). The lowest BCUT2D eigenvalue weighted by Crippen LogP contribution is -2.42. The molecule has 0 bridgehead atoms. The van der Waals surface area contributed by atoms with E-state index in [0.717, 1.165) is 6.07 Å². The van der Waals surface area contributed by atoms with Crippen molar-refractivity contribution in [3.63, 3.8) is 0 Å². The van der Waals surface area contributed by atoms with E-state index in [0.29, 0.717) is 19.4 Å². The molecule has 112 valence electrons. The Bertz CT molecular complexity index is 604. The fourth-order valence-corrected chi connectivity index (χ4v) is 2.54. The number of amides is 1. The summed E-state index contributed by atoms with van der Waals surface area (Å²) in [6.45, 7) is 0.455. The number of nitro benzene ring substituents is 1. The maximum Gasteiger partial charge on any atom is 0.308 e. The van der Waals surface area contributed by atoms with E-state index >= 15 is 0 Å². The Morgan fingerprint density at radius 1 is 1.43 bits per heavy atom. The van der Waals surface area contributed by atoms with E-state index in [1.165, 1.54) is 17.0 Å². The number of carbonyl (C=O) groups is 2. The van der Waals surface area contributed by atoms with Gasteiger partial charge in [0.15, 0.2) is 0 Å². The minimum Gasteiger partial charge on any atom is -0.481 e. The summed E-state index contributed by atoms with van der Waals surface area (Å²) < 4.78 is 0. The number of carboxylic acid groups (broad SMARTS) is 1. The van der Waals surface area contributed by atoms with Crippen LogP contribution in [0, 0.1) is 16.0 Å². The van der Waals surface area contributed by atoms with E-state index < -0.39 is 22.7 Å². The van der Waals surface area contributed by atoms with Gasteiger partial charge < -0.3 is 10.0 Å². The van der Waals surface area contributed by atoms with Crippen molar-refractivity contribution in [3.8, 4) is 0 Å². The number of aliphatic carboxylic acids is 1. The number of nitro groups is 1. The summed E-state index contributed by atoms with van der Waals surface area (Å²) in [4.78, 5) is 35.1. The molecule has 21 heavy (non-hydrogen) atoms. The van der Waals surface area contributed by atoms with Gasteiger partial charge >= 0.3 is 5.97 Å². The van der Waals surface area contributed by atoms with Crippen LogP contribution < -0.4 is 0 Å². The monoisotopic (exact) mass is 312 g/mol. The van der Waals surface area contributed by atoms with Crippen LogP contribution in [0.5, 0.6) is 0 Å². The first-order valence-electron chi connectivity index (χ1n) is 6.36. The topological polar surface area (TPSA) is 101 Å². The summed E-state index contributed by atoms with van der Waals surface area (Å²) in [6.07, 6.45) is 1.06. The van der Waals surface area contributed by atoms with Crippen LogP contribution in [-0.2, 0) is 4.79 Å². The van der Waals surface area contributed by atoms with Gasteiger partial charge in [-0.05, 0) is 25.0 Å². The lowest BCUT2D eigenvalue weighted by molar-refractivity contribution is -0.385. The molecule has 1 aliphatic rings. The standard InChI is InChI=1S/C13H13ClN2O5/c14-9-3-4-10(11(6-9)16(20)21)12(17)15-5-1-2-8(7-15)13(18)19/h3-4,6,8H,1-2,5,7H2,(H,18,19)/t8-/m0/s1. The second-order valence-electron chi connectivity index (χ2n) is 4.85. The molecule has 0 radical (unpaired) electrons. The second-order valence-corrected chi connectivity index (χ2v) is 5.28. The van der Waals surface area contributed by atoms with E-state index in [1.807, 2.05) is 0 Å². The number of hydrogen-bond acceptors (Lipinski definition) is 4. The van der Waals surface area contributed by atoms with Crippen LogP contribution in [0.4, 0.5) is 5.69 Å². The fourth-order valence-electron chi connectivity index (χ4n) is 2.37. The average Bonchev–Trinajstić information content (AvgIpc) is 2.46. The molecule has 0 saturated carbocycles. The Hall–Kier alpha value is -2.15. The van der Waals surface area contributed by atoms with E-state index in [4.69, 9.17) is 16.7 Å².